The van der Waals surface area contributed by atoms with Crippen molar-refractivity contribution in [1.82, 2.24) is 0 Å². The molecule has 6 heteroatoms. The number of rotatable bonds is 33. The second-order valence-corrected chi connectivity index (χ2v) is 22.0. The van der Waals surface area contributed by atoms with Crippen molar-refractivity contribution in [3.63, 3.8) is 0 Å². The highest BCUT2D eigenvalue weighted by molar-refractivity contribution is 5.50. The minimum atomic E-state index is 0. The maximum atomic E-state index is 3.66. The lowest BCUT2D eigenvalue weighted by molar-refractivity contribution is -0.928. The van der Waals surface area contributed by atoms with E-state index >= 15 is 0 Å². The number of benzene rings is 2. The van der Waals surface area contributed by atoms with Gasteiger partial charge < -0.3 is 18.3 Å². The smallest absolute Gasteiger partial charge is 0.142 e. The van der Waals surface area contributed by atoms with Crippen LogP contribution in [-0.4, -0.2) is 155 Å². The fourth-order valence-electron chi connectivity index (χ4n) is 10.4. The summed E-state index contributed by atoms with van der Waals surface area (Å²) >= 11 is 0. The average molecular weight is 1070 g/mol. The maximum absolute atomic E-state index is 3.66. The summed E-state index contributed by atoms with van der Waals surface area (Å²) in [5, 5.41) is 0. The zero-order valence-electron chi connectivity index (χ0n) is 55.7. The molecular weight excluding hydrogens is 925 g/mol. The fraction of sp³-hybridized carbons (Fsp3) is 0.771. The number of quaternary nitrogens is 4. The van der Waals surface area contributed by atoms with Crippen LogP contribution in [0.4, 0.5) is 0 Å². The molecule has 2 rings (SSSR count). The third-order valence-electron chi connectivity index (χ3n) is 12.7. The Balaban J connectivity index is -0.000000146. The van der Waals surface area contributed by atoms with Gasteiger partial charge in [-0.25, -0.2) is 9.15 Å². The maximum Gasteiger partial charge on any atom is 0.142 e. The highest BCUT2D eigenvalue weighted by Gasteiger charge is 2.24. The van der Waals surface area contributed by atoms with Gasteiger partial charge in [-0.15, -0.1) is 6.58 Å². The van der Waals surface area contributed by atoms with Crippen LogP contribution in [0.2, 0.25) is 0 Å². The van der Waals surface area contributed by atoms with Gasteiger partial charge in [0.15, 0.2) is 0 Å². The van der Waals surface area contributed by atoms with Crippen LogP contribution in [0.5, 0.6) is 0 Å². The van der Waals surface area contributed by atoms with Crippen molar-refractivity contribution in [3.05, 3.63) is 84.4 Å². The topological polar surface area (TPSA) is 10.5 Å². The van der Waals surface area contributed by atoms with E-state index in [-0.39, 0.29) is 7.43 Å². The Hall–Kier alpha value is -2.64. The molecule has 0 aliphatic rings. The predicted molar refractivity (Wildman–Crippen MR) is 355 cm³/mol. The molecule has 76 heavy (non-hydrogen) atoms. The summed E-state index contributed by atoms with van der Waals surface area (Å²) in [5.41, 5.74) is 2.75. The summed E-state index contributed by atoms with van der Waals surface area (Å²) in [6.07, 6.45) is 24.8. The van der Waals surface area contributed by atoms with Crippen molar-refractivity contribution in [2.24, 2.45) is 0 Å². The van der Waals surface area contributed by atoms with Gasteiger partial charge in [-0.05, 0) is 90.9 Å². The van der Waals surface area contributed by atoms with Gasteiger partial charge in [0.1, 0.15) is 46.2 Å². The molecule has 1 N–H and O–H groups in total. The first-order valence-electron chi connectivity index (χ1n) is 32.0. The number of allylic oxidation sites excluding steroid dienone is 1. The normalized spacial score (nSPS) is 10.4. The summed E-state index contributed by atoms with van der Waals surface area (Å²) in [7, 11) is 6.55. The van der Waals surface area contributed by atoms with Gasteiger partial charge in [0.25, 0.3) is 0 Å². The fourth-order valence-corrected chi connectivity index (χ4v) is 10.4. The summed E-state index contributed by atoms with van der Waals surface area (Å²) in [6.45, 7) is 68.4. The van der Waals surface area contributed by atoms with Crippen LogP contribution in [0, 0.1) is 6.92 Å². The molecule has 0 aliphatic heterocycles. The van der Waals surface area contributed by atoms with E-state index < -0.39 is 0 Å². The molecule has 452 valence electrons. The van der Waals surface area contributed by atoms with E-state index in [9.17, 15) is 0 Å². The molecule has 0 atom stereocenters. The van der Waals surface area contributed by atoms with Crippen LogP contribution >= 0.6 is 0 Å². The third-order valence-corrected chi connectivity index (χ3v) is 12.7. The van der Waals surface area contributed by atoms with E-state index in [0.29, 0.717) is 0 Å². The summed E-state index contributed by atoms with van der Waals surface area (Å²) < 4.78 is 8.18. The molecule has 0 aromatic heterocycles. The van der Waals surface area contributed by atoms with Gasteiger partial charge >= 0.3 is 0 Å². The Morgan fingerprint density at radius 2 is 0.737 bits per heavy atom. The standard InChI is InChI=1S/C12H20N.2C12H28N.C9H21N.C9H20N.C7H8.C5H12N.C3H6.CH4/c1-4-10-13(2,3)11-12-8-6-5-7-9-12;2*1-5-9-13(10-6-2,11-7-3)12-8-4;2*1-4-7-10(8-5-2)9-6-3;1-7-5-3-2-4-6-7;1-4-5-6(2)3;1-3-2;/h5-9H,4,10-11H2,1-3H3;2*5-12H2,1-4H3;4-9H2,1-3H3;7H,4-6,8-9H2,1-3H3;2-6H,1H3;2,4-5H2,1,3H3;3H,1H2,2H3;1H4/q3*+1;;+1;;+1;;/p+1. The first-order valence-corrected chi connectivity index (χ1v) is 32.0. The zero-order chi connectivity index (χ0) is 58.5. The third kappa shape index (κ3) is 62.2. The lowest BCUT2D eigenvalue weighted by Crippen LogP contribution is -3.11. The molecule has 0 unspecified atom stereocenters. The molecule has 2 aromatic rings. The molecule has 0 aliphatic carbocycles. The molecule has 0 amide bonds. The molecule has 0 spiro atoms. The second kappa shape index (κ2) is 66.6. The van der Waals surface area contributed by atoms with Crippen molar-refractivity contribution in [2.75, 3.05) is 119 Å². The van der Waals surface area contributed by atoms with Crippen LogP contribution in [0.25, 0.3) is 0 Å². The molecule has 0 saturated carbocycles. The van der Waals surface area contributed by atoms with Crippen molar-refractivity contribution < 1.29 is 27.5 Å². The second-order valence-electron chi connectivity index (χ2n) is 22.0. The molecule has 0 heterocycles. The SMILES string of the molecule is C.C=CC.C=[N+](C)CCC.CCC=[N+](CCC)CCC.CCC[N+](C)(C)Cc1ccccc1.CCC[N+](CCC)(CCC)CCC.CCC[N+](CCC)(CCC)CCC.CCC[NH+](CCC)CCC.Cc1ccccc1. The quantitative estimate of drug-likeness (QED) is 0.0316. The number of hydrogen-bond donors (Lipinski definition) is 1. The highest BCUT2D eigenvalue weighted by atomic mass is 15.4. The van der Waals surface area contributed by atoms with E-state index in [4.69, 9.17) is 0 Å². The van der Waals surface area contributed by atoms with Gasteiger partial charge in [-0.3, -0.25) is 0 Å². The van der Waals surface area contributed by atoms with Crippen molar-refractivity contribution in [1.29, 1.82) is 0 Å². The summed E-state index contributed by atoms with van der Waals surface area (Å²) in [4.78, 5) is 1.78. The van der Waals surface area contributed by atoms with E-state index in [2.05, 4.69) is 198 Å². The van der Waals surface area contributed by atoms with Crippen LogP contribution < -0.4 is 4.90 Å². The first kappa shape index (κ1) is 87.2. The minimum Gasteiger partial charge on any atom is -0.335 e. The van der Waals surface area contributed by atoms with E-state index in [0.717, 1.165) is 17.6 Å². The van der Waals surface area contributed by atoms with E-state index in [1.807, 2.05) is 36.7 Å². The first-order chi connectivity index (χ1) is 35.9. The van der Waals surface area contributed by atoms with Crippen LogP contribution in [0.15, 0.2) is 73.3 Å². The molecule has 0 radical (unpaired) electrons. The molecule has 0 saturated heterocycles. The average Bonchev–Trinajstić information content (AvgIpc) is 3.35. The van der Waals surface area contributed by atoms with Gasteiger partial charge in [0.2, 0.25) is 0 Å². The molecule has 2 aromatic carbocycles. The largest absolute Gasteiger partial charge is 0.335 e. The molecule has 0 bridgehead atoms. The predicted octanol–water partition coefficient (Wildman–Crippen LogP) is 17.5. The lowest BCUT2D eigenvalue weighted by Gasteiger charge is -2.38. The lowest BCUT2D eigenvalue weighted by atomic mass is 10.2. The van der Waals surface area contributed by atoms with Gasteiger partial charge in [-0.1, -0.05) is 191 Å². The monoisotopic (exact) mass is 1070 g/mol. The van der Waals surface area contributed by atoms with Gasteiger partial charge in [0, 0.05) is 31.2 Å². The van der Waals surface area contributed by atoms with Crippen molar-refractivity contribution in [3.8, 4) is 0 Å². The van der Waals surface area contributed by atoms with Crippen molar-refractivity contribution >= 4 is 12.9 Å². The minimum absolute atomic E-state index is 0. The van der Waals surface area contributed by atoms with Gasteiger partial charge in [-0.2, -0.15) is 0 Å². The number of hydrogen-bond acceptors (Lipinski definition) is 0. The van der Waals surface area contributed by atoms with E-state index in [1.165, 1.54) is 214 Å². The molecule has 0 fully saturated rings. The number of aryl methyl sites for hydroxylation is 1. The molecule has 6 nitrogen and oxygen atoms in total. The van der Waals surface area contributed by atoms with E-state index in [1.54, 1.807) is 11.0 Å². The Bertz CT molecular complexity index is 1290. The van der Waals surface area contributed by atoms with Crippen LogP contribution in [0.1, 0.15) is 239 Å². The zero-order valence-corrected chi connectivity index (χ0v) is 55.7. The van der Waals surface area contributed by atoms with Crippen LogP contribution in [-0.2, 0) is 6.54 Å². The number of nitrogens with zero attached hydrogens (tertiary/aromatic N) is 5. The highest BCUT2D eigenvalue weighted by Crippen LogP contribution is 2.14. The summed E-state index contributed by atoms with van der Waals surface area (Å²) in [6, 6.07) is 21.0. The van der Waals surface area contributed by atoms with Gasteiger partial charge in [0.05, 0.1) is 92.6 Å². The number of nitrogens with one attached hydrogen (secondary N) is 1. The Morgan fingerprint density at radius 3 is 0.934 bits per heavy atom. The molecular formula is C70H148N6+6. The van der Waals surface area contributed by atoms with Crippen molar-refractivity contribution in [2.45, 2.75) is 241 Å². The van der Waals surface area contributed by atoms with Crippen LogP contribution in [0.3, 0.4) is 0 Å². The summed E-state index contributed by atoms with van der Waals surface area (Å²) in [5.74, 6) is 0. The Labute approximate surface area is 483 Å². The Kier molecular flexibility index (Phi) is 76.5. The Morgan fingerprint density at radius 1 is 0.447 bits per heavy atom.